The number of hydrogen-bond acceptors (Lipinski definition) is 6. The van der Waals surface area contributed by atoms with E-state index in [0.29, 0.717) is 23.3 Å². The van der Waals surface area contributed by atoms with Gasteiger partial charge < -0.3 is 16.0 Å². The first kappa shape index (κ1) is 20.2. The van der Waals surface area contributed by atoms with E-state index in [1.54, 1.807) is 23.3 Å². The summed E-state index contributed by atoms with van der Waals surface area (Å²) < 4.78 is 1.80. The normalized spacial score (nSPS) is 20.3. The Kier molecular flexibility index (Phi) is 4.64. The summed E-state index contributed by atoms with van der Waals surface area (Å²) in [7, 11) is 0. The summed E-state index contributed by atoms with van der Waals surface area (Å²) >= 11 is 0. The second-order valence-electron chi connectivity index (χ2n) is 9.88. The number of pyridine rings is 2. The summed E-state index contributed by atoms with van der Waals surface area (Å²) in [4.78, 5) is 24.2. The molecule has 1 spiro atoms. The van der Waals surface area contributed by atoms with Crippen LogP contribution in [0.4, 0.5) is 11.6 Å². The lowest BCUT2D eigenvalue weighted by Gasteiger charge is -2.56. The number of anilines is 2. The van der Waals surface area contributed by atoms with Crippen molar-refractivity contribution in [3.63, 3.8) is 0 Å². The van der Waals surface area contributed by atoms with Crippen LogP contribution in [0.25, 0.3) is 0 Å². The monoisotopic (exact) mass is 443 g/mol. The summed E-state index contributed by atoms with van der Waals surface area (Å²) in [5.74, 6) is 1.51. The van der Waals surface area contributed by atoms with Crippen LogP contribution < -0.4 is 16.0 Å². The highest BCUT2D eigenvalue weighted by molar-refractivity contribution is 5.94. The maximum Gasteiger partial charge on any atom is 0.254 e. The molecule has 3 aromatic rings. The van der Waals surface area contributed by atoms with Crippen molar-refractivity contribution in [1.82, 2.24) is 25.1 Å². The quantitative estimate of drug-likeness (QED) is 0.629. The van der Waals surface area contributed by atoms with Gasteiger partial charge in [0.1, 0.15) is 11.6 Å². The van der Waals surface area contributed by atoms with Crippen molar-refractivity contribution < 1.29 is 4.79 Å². The molecule has 1 saturated heterocycles. The predicted molar refractivity (Wildman–Crippen MR) is 126 cm³/mol. The first-order valence-electron chi connectivity index (χ1n) is 11.8. The van der Waals surface area contributed by atoms with Crippen LogP contribution in [0.2, 0.25) is 0 Å². The third kappa shape index (κ3) is 3.53. The highest BCUT2D eigenvalue weighted by atomic mass is 16.1. The fraction of sp³-hybridized carbons (Fsp3) is 0.440. The number of aromatic nitrogens is 4. The van der Waals surface area contributed by atoms with E-state index in [0.717, 1.165) is 54.1 Å². The van der Waals surface area contributed by atoms with Crippen LogP contribution in [-0.2, 0) is 13.0 Å². The van der Waals surface area contributed by atoms with Crippen LogP contribution >= 0.6 is 0 Å². The topological polar surface area (TPSA) is 102 Å². The molecule has 1 aliphatic heterocycles. The summed E-state index contributed by atoms with van der Waals surface area (Å²) in [6.07, 6.45) is 10.9. The van der Waals surface area contributed by atoms with Gasteiger partial charge in [0.15, 0.2) is 0 Å². The number of nitrogens with one attached hydrogen (secondary N) is 1. The minimum absolute atomic E-state index is 0.0410. The molecule has 0 aromatic carbocycles. The van der Waals surface area contributed by atoms with Gasteiger partial charge in [0.05, 0.1) is 24.3 Å². The number of aryl methyl sites for hydroxylation is 1. The third-order valence-electron chi connectivity index (χ3n) is 7.69. The second kappa shape index (κ2) is 7.57. The first-order valence-corrected chi connectivity index (χ1v) is 11.8. The van der Waals surface area contributed by atoms with E-state index in [1.165, 1.54) is 19.3 Å². The maximum atomic E-state index is 12.8. The van der Waals surface area contributed by atoms with Crippen molar-refractivity contribution in [2.45, 2.75) is 51.6 Å². The van der Waals surface area contributed by atoms with Crippen molar-refractivity contribution in [3.05, 3.63) is 64.7 Å². The second-order valence-corrected chi connectivity index (χ2v) is 9.88. The fourth-order valence-electron chi connectivity index (χ4n) is 5.54. The number of carbonyl (C=O) groups excluding carboxylic acids is 1. The minimum Gasteiger partial charge on any atom is -0.383 e. The Bertz CT molecular complexity index is 1220. The average Bonchev–Trinajstić information content (AvgIpc) is 3.36. The summed E-state index contributed by atoms with van der Waals surface area (Å²) in [6, 6.07) is 6.15. The number of nitrogen functional groups attached to an aromatic ring is 1. The number of nitrogens with zero attached hydrogens (tertiary/aromatic N) is 5. The van der Waals surface area contributed by atoms with E-state index in [-0.39, 0.29) is 11.9 Å². The smallest absolute Gasteiger partial charge is 0.254 e. The van der Waals surface area contributed by atoms with Gasteiger partial charge in [-0.3, -0.25) is 9.48 Å². The highest BCUT2D eigenvalue weighted by Gasteiger charge is 2.47. The Hall–Kier alpha value is -3.42. The van der Waals surface area contributed by atoms with Crippen molar-refractivity contribution >= 4 is 17.5 Å². The minimum atomic E-state index is -0.123. The Morgan fingerprint density at radius 2 is 2.12 bits per heavy atom. The van der Waals surface area contributed by atoms with Crippen molar-refractivity contribution in [3.8, 4) is 0 Å². The number of fused-ring (bicyclic) bond motifs is 1. The molecule has 3 aliphatic rings. The van der Waals surface area contributed by atoms with Gasteiger partial charge in [0.2, 0.25) is 0 Å². The summed E-state index contributed by atoms with van der Waals surface area (Å²) in [6.45, 7) is 4.92. The van der Waals surface area contributed by atoms with Crippen LogP contribution in [-0.4, -0.2) is 38.7 Å². The molecule has 6 rings (SSSR count). The number of amides is 1. The van der Waals surface area contributed by atoms with Crippen molar-refractivity contribution in [1.29, 1.82) is 0 Å². The molecule has 4 heterocycles. The molecule has 1 saturated carbocycles. The van der Waals surface area contributed by atoms with E-state index >= 15 is 0 Å². The lowest BCUT2D eigenvalue weighted by atomic mass is 9.63. The van der Waals surface area contributed by atoms with E-state index in [1.807, 2.05) is 13.0 Å². The third-order valence-corrected chi connectivity index (χ3v) is 7.69. The molecule has 0 bridgehead atoms. The molecule has 170 valence electrons. The molecule has 2 fully saturated rings. The first-order chi connectivity index (χ1) is 16.0. The largest absolute Gasteiger partial charge is 0.383 e. The number of rotatable bonds is 5. The van der Waals surface area contributed by atoms with Gasteiger partial charge in [-0.2, -0.15) is 5.10 Å². The Labute approximate surface area is 193 Å². The Morgan fingerprint density at radius 3 is 2.88 bits per heavy atom. The predicted octanol–water partition coefficient (Wildman–Crippen LogP) is 3.02. The van der Waals surface area contributed by atoms with Crippen LogP contribution in [0.15, 0.2) is 36.8 Å². The van der Waals surface area contributed by atoms with Crippen LogP contribution in [0.3, 0.4) is 0 Å². The van der Waals surface area contributed by atoms with Gasteiger partial charge in [-0.25, -0.2) is 9.97 Å². The van der Waals surface area contributed by atoms with Crippen LogP contribution in [0, 0.1) is 12.3 Å². The Morgan fingerprint density at radius 1 is 1.27 bits per heavy atom. The van der Waals surface area contributed by atoms with Crippen LogP contribution in [0.1, 0.15) is 64.5 Å². The average molecular weight is 444 g/mol. The van der Waals surface area contributed by atoms with E-state index < -0.39 is 0 Å². The zero-order chi connectivity index (χ0) is 22.6. The van der Waals surface area contributed by atoms with Crippen molar-refractivity contribution in [2.24, 2.45) is 5.41 Å². The molecule has 33 heavy (non-hydrogen) atoms. The standard InChI is InChI=1S/C25H29N7O/c1-16-17(3-6-22(29-16)31-14-25(15-31)8-2-9-25)12-32-13-18(11-28-32)24(33)30-21-5-4-20-19(21)7-10-27-23(20)26/h3,6-7,10-11,13,21H,2,4-5,8-9,12,14-15H2,1H3,(H2,26,27)(H,30,33). The van der Waals surface area contributed by atoms with E-state index in [9.17, 15) is 4.79 Å². The van der Waals surface area contributed by atoms with Gasteiger partial charge in [-0.1, -0.05) is 12.5 Å². The molecule has 1 amide bonds. The van der Waals surface area contributed by atoms with E-state index in [4.69, 9.17) is 10.7 Å². The number of nitrogens with two attached hydrogens (primary N) is 1. The van der Waals surface area contributed by atoms with Gasteiger partial charge in [0, 0.05) is 36.6 Å². The number of hydrogen-bond donors (Lipinski definition) is 2. The van der Waals surface area contributed by atoms with Crippen LogP contribution in [0.5, 0.6) is 0 Å². The zero-order valence-corrected chi connectivity index (χ0v) is 18.9. The Balaban J connectivity index is 1.10. The van der Waals surface area contributed by atoms with Gasteiger partial charge in [-0.05, 0) is 61.4 Å². The molecule has 0 radical (unpaired) electrons. The molecule has 1 unspecified atom stereocenters. The van der Waals surface area contributed by atoms with E-state index in [2.05, 4.69) is 32.4 Å². The highest BCUT2D eigenvalue weighted by Crippen LogP contribution is 2.49. The molecular formula is C25H29N7O. The molecule has 8 heteroatoms. The zero-order valence-electron chi connectivity index (χ0n) is 18.9. The lowest BCUT2D eigenvalue weighted by Crippen LogP contribution is -2.60. The number of carbonyl (C=O) groups is 1. The summed E-state index contributed by atoms with van der Waals surface area (Å²) in [5, 5.41) is 7.54. The molecule has 3 aromatic heterocycles. The van der Waals surface area contributed by atoms with Gasteiger partial charge in [-0.15, -0.1) is 0 Å². The molecule has 8 nitrogen and oxygen atoms in total. The van der Waals surface area contributed by atoms with Crippen molar-refractivity contribution in [2.75, 3.05) is 23.7 Å². The lowest BCUT2D eigenvalue weighted by molar-refractivity contribution is 0.0896. The molecule has 2 aliphatic carbocycles. The molecule has 3 N–H and O–H groups in total. The fourth-order valence-corrected chi connectivity index (χ4v) is 5.54. The SMILES string of the molecule is Cc1nc(N2CC3(CCC3)C2)ccc1Cn1cc(C(=O)NC2CCc3c2ccnc3N)cn1. The maximum absolute atomic E-state index is 12.8. The molecule has 1 atom stereocenters. The van der Waals surface area contributed by atoms with Gasteiger partial charge in [0.25, 0.3) is 5.91 Å². The molecular weight excluding hydrogens is 414 g/mol. The van der Waals surface area contributed by atoms with Gasteiger partial charge >= 0.3 is 0 Å². The summed E-state index contributed by atoms with van der Waals surface area (Å²) in [5.41, 5.74) is 11.4.